The van der Waals surface area contributed by atoms with Gasteiger partial charge in [-0.1, -0.05) is 36.4 Å². The number of rotatable bonds is 6. The van der Waals surface area contributed by atoms with E-state index in [2.05, 4.69) is 4.57 Å². The van der Waals surface area contributed by atoms with Gasteiger partial charge in [0.1, 0.15) is 11.6 Å². The lowest BCUT2D eigenvalue weighted by Gasteiger charge is -2.12. The van der Waals surface area contributed by atoms with Gasteiger partial charge < -0.3 is 14.0 Å². The molecule has 5 heteroatoms. The van der Waals surface area contributed by atoms with Crippen molar-refractivity contribution in [3.8, 4) is 11.5 Å². The number of fused-ring (bicyclic) bond motifs is 1. The fourth-order valence-electron chi connectivity index (χ4n) is 3.41. The third-order valence-electron chi connectivity index (χ3n) is 4.83. The molecule has 0 unspecified atom stereocenters. The van der Waals surface area contributed by atoms with Crippen molar-refractivity contribution in [2.24, 2.45) is 0 Å². The zero-order valence-corrected chi connectivity index (χ0v) is 15.9. The Balaban J connectivity index is 1.76. The first-order chi connectivity index (χ1) is 13.7. The lowest BCUT2D eigenvalue weighted by Crippen LogP contribution is -2.07. The van der Waals surface area contributed by atoms with Gasteiger partial charge in [-0.05, 0) is 35.9 Å². The van der Waals surface area contributed by atoms with Gasteiger partial charge in [0, 0.05) is 12.0 Å². The third kappa shape index (κ3) is 3.43. The van der Waals surface area contributed by atoms with Crippen molar-refractivity contribution < 1.29 is 13.9 Å². The number of hydrogen-bond acceptors (Lipinski definition) is 3. The van der Waals surface area contributed by atoms with E-state index in [0.29, 0.717) is 30.0 Å². The summed E-state index contributed by atoms with van der Waals surface area (Å²) in [6, 6.07) is 20.6. The van der Waals surface area contributed by atoms with Gasteiger partial charge in [-0.25, -0.2) is 9.37 Å². The van der Waals surface area contributed by atoms with Gasteiger partial charge in [-0.15, -0.1) is 0 Å². The Kier molecular flexibility index (Phi) is 4.98. The molecule has 0 aliphatic rings. The summed E-state index contributed by atoms with van der Waals surface area (Å²) in [7, 11) is 3.24. The van der Waals surface area contributed by atoms with Crippen LogP contribution in [-0.2, 0) is 13.0 Å². The minimum absolute atomic E-state index is 0.211. The van der Waals surface area contributed by atoms with Crippen molar-refractivity contribution >= 4 is 11.0 Å². The first kappa shape index (κ1) is 18.0. The molecule has 0 aliphatic heterocycles. The molecule has 1 heterocycles. The van der Waals surface area contributed by atoms with Crippen LogP contribution in [0.25, 0.3) is 11.0 Å². The number of nitrogens with zero attached hydrogens (tertiary/aromatic N) is 2. The van der Waals surface area contributed by atoms with Crippen LogP contribution in [0, 0.1) is 5.82 Å². The van der Waals surface area contributed by atoms with E-state index in [-0.39, 0.29) is 5.82 Å². The summed E-state index contributed by atoms with van der Waals surface area (Å²) in [4.78, 5) is 4.80. The average Bonchev–Trinajstić information content (AvgIpc) is 3.06. The number of benzene rings is 3. The number of hydrogen-bond donors (Lipinski definition) is 0. The summed E-state index contributed by atoms with van der Waals surface area (Å²) in [5.41, 5.74) is 3.57. The molecule has 142 valence electrons. The van der Waals surface area contributed by atoms with Crippen molar-refractivity contribution in [2.45, 2.75) is 13.0 Å². The maximum absolute atomic E-state index is 14.3. The largest absolute Gasteiger partial charge is 0.493 e. The second-order valence-electron chi connectivity index (χ2n) is 6.56. The molecule has 0 saturated heterocycles. The van der Waals surface area contributed by atoms with Crippen LogP contribution in [-0.4, -0.2) is 23.8 Å². The van der Waals surface area contributed by atoms with Gasteiger partial charge in [0.05, 0.1) is 31.8 Å². The van der Waals surface area contributed by atoms with Crippen LogP contribution in [0.1, 0.15) is 17.0 Å². The first-order valence-electron chi connectivity index (χ1n) is 9.08. The lowest BCUT2D eigenvalue weighted by atomic mass is 10.1. The molecule has 0 amide bonds. The maximum Gasteiger partial charge on any atom is 0.161 e. The molecule has 0 fully saturated rings. The van der Waals surface area contributed by atoms with Crippen LogP contribution in [0.5, 0.6) is 11.5 Å². The van der Waals surface area contributed by atoms with E-state index in [4.69, 9.17) is 14.5 Å². The van der Waals surface area contributed by atoms with E-state index in [1.807, 2.05) is 54.6 Å². The molecule has 0 bridgehead atoms. The van der Waals surface area contributed by atoms with Gasteiger partial charge in [0.25, 0.3) is 0 Å². The van der Waals surface area contributed by atoms with E-state index in [1.165, 1.54) is 6.07 Å². The maximum atomic E-state index is 14.3. The van der Waals surface area contributed by atoms with Crippen molar-refractivity contribution in [3.63, 3.8) is 0 Å². The second-order valence-corrected chi connectivity index (χ2v) is 6.56. The molecule has 0 radical (unpaired) electrons. The molecule has 0 aliphatic carbocycles. The predicted molar refractivity (Wildman–Crippen MR) is 108 cm³/mol. The summed E-state index contributed by atoms with van der Waals surface area (Å²) < 4.78 is 27.1. The van der Waals surface area contributed by atoms with Gasteiger partial charge in [-0.3, -0.25) is 0 Å². The van der Waals surface area contributed by atoms with Gasteiger partial charge in [0.15, 0.2) is 11.5 Å². The highest BCUT2D eigenvalue weighted by molar-refractivity contribution is 5.76. The number of aromatic nitrogens is 2. The fourth-order valence-corrected chi connectivity index (χ4v) is 3.41. The normalized spacial score (nSPS) is 11.0. The Morgan fingerprint density at radius 3 is 2.43 bits per heavy atom. The molecule has 28 heavy (non-hydrogen) atoms. The van der Waals surface area contributed by atoms with E-state index in [1.54, 1.807) is 20.3 Å². The van der Waals surface area contributed by atoms with E-state index < -0.39 is 0 Å². The van der Waals surface area contributed by atoms with Crippen molar-refractivity contribution in [2.75, 3.05) is 14.2 Å². The van der Waals surface area contributed by atoms with Gasteiger partial charge in [0.2, 0.25) is 0 Å². The molecule has 4 nitrogen and oxygen atoms in total. The highest BCUT2D eigenvalue weighted by Gasteiger charge is 2.14. The Bertz CT molecular complexity index is 1120. The summed E-state index contributed by atoms with van der Waals surface area (Å²) in [6.45, 7) is 0.426. The standard InChI is InChI=1S/C23H21FN2O2/c1-27-21-12-11-16(13-22(21)28-2)14-23-25-19-9-5-6-10-20(19)26(23)15-17-7-3-4-8-18(17)24/h3-13H,14-15H2,1-2H3. The topological polar surface area (TPSA) is 36.3 Å². The molecule has 4 rings (SSSR count). The Hall–Kier alpha value is -3.34. The van der Waals surface area contributed by atoms with Crippen molar-refractivity contribution in [1.29, 1.82) is 0 Å². The van der Waals surface area contributed by atoms with Crippen LogP contribution in [0.15, 0.2) is 66.7 Å². The van der Waals surface area contributed by atoms with Crippen LogP contribution in [0.4, 0.5) is 4.39 Å². The molecule has 3 aromatic carbocycles. The zero-order valence-electron chi connectivity index (χ0n) is 15.9. The Morgan fingerprint density at radius 2 is 1.64 bits per heavy atom. The molecule has 0 N–H and O–H groups in total. The SMILES string of the molecule is COc1ccc(Cc2nc3ccccc3n2Cc2ccccc2F)cc1OC. The number of ether oxygens (including phenoxy) is 2. The third-order valence-corrected chi connectivity index (χ3v) is 4.83. The van der Waals surface area contributed by atoms with Crippen molar-refractivity contribution in [1.82, 2.24) is 9.55 Å². The molecule has 1 aromatic heterocycles. The molecular formula is C23H21FN2O2. The second kappa shape index (κ2) is 7.72. The number of para-hydroxylation sites is 2. The van der Waals surface area contributed by atoms with Crippen LogP contribution >= 0.6 is 0 Å². The van der Waals surface area contributed by atoms with Crippen molar-refractivity contribution in [3.05, 3.63) is 89.5 Å². The van der Waals surface area contributed by atoms with Crippen LogP contribution in [0.2, 0.25) is 0 Å². The molecule has 0 atom stereocenters. The average molecular weight is 376 g/mol. The molecule has 0 saturated carbocycles. The number of halogens is 1. The van der Waals surface area contributed by atoms with E-state index >= 15 is 0 Å². The van der Waals surface area contributed by atoms with Gasteiger partial charge >= 0.3 is 0 Å². The van der Waals surface area contributed by atoms with E-state index in [0.717, 1.165) is 22.4 Å². The monoisotopic (exact) mass is 376 g/mol. The number of methoxy groups -OCH3 is 2. The summed E-state index contributed by atoms with van der Waals surface area (Å²) in [5.74, 6) is 2.02. The minimum atomic E-state index is -0.211. The molecular weight excluding hydrogens is 355 g/mol. The highest BCUT2D eigenvalue weighted by atomic mass is 19.1. The summed E-state index contributed by atoms with van der Waals surface area (Å²) in [6.07, 6.45) is 0.601. The van der Waals surface area contributed by atoms with Crippen LogP contribution < -0.4 is 9.47 Å². The molecule has 0 spiro atoms. The Morgan fingerprint density at radius 1 is 0.893 bits per heavy atom. The quantitative estimate of drug-likeness (QED) is 0.483. The first-order valence-corrected chi connectivity index (χ1v) is 9.08. The highest BCUT2D eigenvalue weighted by Crippen LogP contribution is 2.29. The number of imidazole rings is 1. The van der Waals surface area contributed by atoms with Gasteiger partial charge in [-0.2, -0.15) is 0 Å². The Labute approximate surface area is 163 Å². The lowest BCUT2D eigenvalue weighted by molar-refractivity contribution is 0.354. The smallest absolute Gasteiger partial charge is 0.161 e. The zero-order chi connectivity index (χ0) is 19.5. The van der Waals surface area contributed by atoms with Crippen LogP contribution in [0.3, 0.4) is 0 Å². The predicted octanol–water partition coefficient (Wildman–Crippen LogP) is 4.83. The summed E-state index contributed by atoms with van der Waals surface area (Å²) in [5, 5.41) is 0. The fraction of sp³-hybridized carbons (Fsp3) is 0.174. The minimum Gasteiger partial charge on any atom is -0.493 e. The van der Waals surface area contributed by atoms with E-state index in [9.17, 15) is 4.39 Å². The molecule has 4 aromatic rings. The summed E-state index contributed by atoms with van der Waals surface area (Å²) >= 11 is 0.